The molecule has 1 rings (SSSR count). The molecule has 0 saturated carbocycles. The Labute approximate surface area is 105 Å². The molecule has 16 heavy (non-hydrogen) atoms. The average molecular weight is 242 g/mol. The molecule has 2 atom stereocenters. The van der Waals surface area contributed by atoms with Gasteiger partial charge >= 0.3 is 0 Å². The molecule has 1 saturated heterocycles. The summed E-state index contributed by atoms with van der Waals surface area (Å²) in [5.41, 5.74) is 0.291. The summed E-state index contributed by atoms with van der Waals surface area (Å²) in [6.45, 7) is 14.6. The predicted molar refractivity (Wildman–Crippen MR) is 75.2 cm³/mol. The Morgan fingerprint density at radius 2 is 2.06 bits per heavy atom. The molecule has 1 aliphatic heterocycles. The van der Waals surface area contributed by atoms with E-state index in [4.69, 9.17) is 4.99 Å². The van der Waals surface area contributed by atoms with E-state index in [1.54, 1.807) is 0 Å². The van der Waals surface area contributed by atoms with Gasteiger partial charge < -0.3 is 5.32 Å². The molecule has 1 N–H and O–H groups in total. The number of aliphatic imine (C=N–C) groups is 1. The van der Waals surface area contributed by atoms with Crippen LogP contribution in [0.4, 0.5) is 0 Å². The first kappa shape index (κ1) is 13.9. The second kappa shape index (κ2) is 5.44. The van der Waals surface area contributed by atoms with Gasteiger partial charge in [0.15, 0.2) is 5.17 Å². The molecule has 2 unspecified atom stereocenters. The molecule has 0 amide bonds. The normalized spacial score (nSPS) is 29.6. The lowest BCUT2D eigenvalue weighted by Gasteiger charge is -2.30. The monoisotopic (exact) mass is 242 g/mol. The molecule has 0 aromatic rings. The summed E-state index contributed by atoms with van der Waals surface area (Å²) in [4.78, 5) is 4.75. The highest BCUT2D eigenvalue weighted by Crippen LogP contribution is 2.28. The lowest BCUT2D eigenvalue weighted by molar-refractivity contribution is 0.262. The van der Waals surface area contributed by atoms with E-state index < -0.39 is 0 Å². The molecule has 1 fully saturated rings. The summed E-state index contributed by atoms with van der Waals surface area (Å²) in [5, 5.41) is 5.30. The minimum atomic E-state index is 0.291. The number of hydrogen-bond acceptors (Lipinski definition) is 2. The van der Waals surface area contributed by atoms with Gasteiger partial charge in [-0.25, -0.2) is 0 Å². The van der Waals surface area contributed by atoms with Gasteiger partial charge in [-0.05, 0) is 24.7 Å². The van der Waals surface area contributed by atoms with E-state index in [2.05, 4.69) is 46.9 Å². The van der Waals surface area contributed by atoms with Gasteiger partial charge in [-0.3, -0.25) is 4.99 Å². The first-order chi connectivity index (χ1) is 7.31. The maximum absolute atomic E-state index is 4.75. The summed E-state index contributed by atoms with van der Waals surface area (Å²) in [6.07, 6.45) is 1.23. The minimum absolute atomic E-state index is 0.291. The first-order valence-electron chi connectivity index (χ1n) is 6.29. The highest BCUT2D eigenvalue weighted by atomic mass is 32.2. The molecular formula is C13H26N2S. The SMILES string of the molecule is CC1CC(C)SC(=NCC(C)(C)C(C)C)N1. The summed E-state index contributed by atoms with van der Waals surface area (Å²) in [6, 6.07) is 0.567. The van der Waals surface area contributed by atoms with Crippen molar-refractivity contribution in [2.75, 3.05) is 6.54 Å². The third-order valence-electron chi connectivity index (χ3n) is 3.56. The van der Waals surface area contributed by atoms with Crippen LogP contribution in [0.15, 0.2) is 4.99 Å². The molecule has 94 valence electrons. The van der Waals surface area contributed by atoms with Gasteiger partial charge in [0.1, 0.15) is 0 Å². The second-order valence-electron chi connectivity index (χ2n) is 5.97. The molecule has 0 aromatic carbocycles. The van der Waals surface area contributed by atoms with Gasteiger partial charge in [0.25, 0.3) is 0 Å². The van der Waals surface area contributed by atoms with Crippen molar-refractivity contribution < 1.29 is 0 Å². The highest BCUT2D eigenvalue weighted by molar-refractivity contribution is 8.14. The maximum Gasteiger partial charge on any atom is 0.157 e. The van der Waals surface area contributed by atoms with Crippen LogP contribution in [-0.2, 0) is 0 Å². The van der Waals surface area contributed by atoms with Crippen LogP contribution in [0.5, 0.6) is 0 Å². The molecule has 0 spiro atoms. The molecular weight excluding hydrogens is 216 g/mol. The van der Waals surface area contributed by atoms with Gasteiger partial charge in [-0.1, -0.05) is 46.4 Å². The van der Waals surface area contributed by atoms with Crippen LogP contribution in [-0.4, -0.2) is 23.0 Å². The van der Waals surface area contributed by atoms with Crippen molar-refractivity contribution >= 4 is 16.9 Å². The Morgan fingerprint density at radius 3 is 2.56 bits per heavy atom. The van der Waals surface area contributed by atoms with E-state index >= 15 is 0 Å². The smallest absolute Gasteiger partial charge is 0.157 e. The fraction of sp³-hybridized carbons (Fsp3) is 0.923. The highest BCUT2D eigenvalue weighted by Gasteiger charge is 2.24. The molecule has 0 aliphatic carbocycles. The molecule has 0 bridgehead atoms. The molecule has 0 radical (unpaired) electrons. The van der Waals surface area contributed by atoms with E-state index in [9.17, 15) is 0 Å². The molecule has 0 aromatic heterocycles. The Bertz CT molecular complexity index is 247. The summed E-state index contributed by atoms with van der Waals surface area (Å²) in [7, 11) is 0. The van der Waals surface area contributed by atoms with Crippen LogP contribution in [0.1, 0.15) is 48.0 Å². The van der Waals surface area contributed by atoms with Crippen molar-refractivity contribution in [2.45, 2.75) is 59.3 Å². The van der Waals surface area contributed by atoms with E-state index in [-0.39, 0.29) is 0 Å². The average Bonchev–Trinajstić information content (AvgIpc) is 2.13. The van der Waals surface area contributed by atoms with Crippen LogP contribution < -0.4 is 5.32 Å². The lowest BCUT2D eigenvalue weighted by atomic mass is 9.81. The van der Waals surface area contributed by atoms with Crippen LogP contribution in [0, 0.1) is 11.3 Å². The molecule has 1 aliphatic rings. The number of nitrogens with zero attached hydrogens (tertiary/aromatic N) is 1. The Hall–Kier alpha value is -0.180. The lowest BCUT2D eigenvalue weighted by Crippen LogP contribution is -2.39. The van der Waals surface area contributed by atoms with Crippen molar-refractivity contribution in [3.05, 3.63) is 0 Å². The van der Waals surface area contributed by atoms with Crippen LogP contribution in [0.25, 0.3) is 0 Å². The Morgan fingerprint density at radius 1 is 1.44 bits per heavy atom. The standard InChI is InChI=1S/C13H26N2S/c1-9(2)13(5,6)8-14-12-15-10(3)7-11(4)16-12/h9-11H,7-8H2,1-6H3,(H,14,15). The fourth-order valence-electron chi connectivity index (χ4n) is 1.58. The summed E-state index contributed by atoms with van der Waals surface area (Å²) >= 11 is 1.88. The third kappa shape index (κ3) is 4.00. The van der Waals surface area contributed by atoms with E-state index in [1.165, 1.54) is 6.42 Å². The van der Waals surface area contributed by atoms with Crippen molar-refractivity contribution in [2.24, 2.45) is 16.3 Å². The van der Waals surface area contributed by atoms with Gasteiger partial charge in [0.05, 0.1) is 0 Å². The zero-order valence-corrected chi connectivity index (χ0v) is 12.3. The maximum atomic E-state index is 4.75. The summed E-state index contributed by atoms with van der Waals surface area (Å²) in [5.74, 6) is 0.667. The number of rotatable bonds is 3. The Kier molecular flexibility index (Phi) is 4.72. The largest absolute Gasteiger partial charge is 0.362 e. The molecule has 2 nitrogen and oxygen atoms in total. The number of nitrogens with one attached hydrogen (secondary N) is 1. The zero-order valence-electron chi connectivity index (χ0n) is 11.5. The van der Waals surface area contributed by atoms with Crippen LogP contribution in [0.2, 0.25) is 0 Å². The number of hydrogen-bond donors (Lipinski definition) is 1. The summed E-state index contributed by atoms with van der Waals surface area (Å²) < 4.78 is 0. The number of thioether (sulfide) groups is 1. The fourth-order valence-corrected chi connectivity index (χ4v) is 2.76. The molecule has 3 heteroatoms. The predicted octanol–water partition coefficient (Wildman–Crippen LogP) is 3.53. The van der Waals surface area contributed by atoms with Crippen molar-refractivity contribution in [3.63, 3.8) is 0 Å². The quantitative estimate of drug-likeness (QED) is 0.819. The Balaban J connectivity index is 2.57. The van der Waals surface area contributed by atoms with E-state index in [0.717, 1.165) is 11.7 Å². The van der Waals surface area contributed by atoms with Gasteiger partial charge in [-0.15, -0.1) is 0 Å². The third-order valence-corrected chi connectivity index (χ3v) is 4.63. The van der Waals surface area contributed by atoms with Gasteiger partial charge in [-0.2, -0.15) is 0 Å². The minimum Gasteiger partial charge on any atom is -0.362 e. The van der Waals surface area contributed by atoms with Gasteiger partial charge in [0, 0.05) is 17.8 Å². The first-order valence-corrected chi connectivity index (χ1v) is 7.17. The molecule has 1 heterocycles. The van der Waals surface area contributed by atoms with Crippen LogP contribution >= 0.6 is 11.8 Å². The second-order valence-corrected chi connectivity index (χ2v) is 7.40. The van der Waals surface area contributed by atoms with Crippen molar-refractivity contribution in [1.29, 1.82) is 0 Å². The zero-order chi connectivity index (χ0) is 12.3. The van der Waals surface area contributed by atoms with Gasteiger partial charge in [0.2, 0.25) is 0 Å². The van der Waals surface area contributed by atoms with Crippen molar-refractivity contribution in [3.8, 4) is 0 Å². The number of amidine groups is 1. The van der Waals surface area contributed by atoms with Crippen LogP contribution in [0.3, 0.4) is 0 Å². The topological polar surface area (TPSA) is 24.4 Å². The van der Waals surface area contributed by atoms with E-state index in [0.29, 0.717) is 22.6 Å². The van der Waals surface area contributed by atoms with Crippen molar-refractivity contribution in [1.82, 2.24) is 5.32 Å². The van der Waals surface area contributed by atoms with E-state index in [1.807, 2.05) is 11.8 Å².